The van der Waals surface area contributed by atoms with E-state index in [2.05, 4.69) is 11.0 Å². The van der Waals surface area contributed by atoms with Gasteiger partial charge in [0.2, 0.25) is 0 Å². The van der Waals surface area contributed by atoms with Crippen molar-refractivity contribution in [1.29, 1.82) is 0 Å². The Balaban J connectivity index is 1.17. The molecule has 1 heterocycles. The summed E-state index contributed by atoms with van der Waals surface area (Å²) in [4.78, 5) is 28.3. The number of anilines is 1. The van der Waals surface area contributed by atoms with Gasteiger partial charge >= 0.3 is 5.97 Å². The number of nitrogens with zero attached hydrogens (tertiary/aromatic N) is 2. The number of hydrogen-bond donors (Lipinski definition) is 0. The molecule has 2 aromatic carbocycles. The van der Waals surface area contributed by atoms with Crippen molar-refractivity contribution in [3.8, 4) is 11.5 Å². The molecule has 164 valence electrons. The van der Waals surface area contributed by atoms with Crippen LogP contribution in [0.2, 0.25) is 0 Å². The SMILES string of the molecule is COc1ccc(N2CCN(C(=O)COC(=O)COc3ccc4c(c3)CCC4)CC2)cc1. The van der Waals surface area contributed by atoms with Gasteiger partial charge in [0.25, 0.3) is 5.91 Å². The fraction of sp³-hybridized carbons (Fsp3) is 0.417. The van der Waals surface area contributed by atoms with Crippen molar-refractivity contribution < 1.29 is 23.8 Å². The number of methoxy groups -OCH3 is 1. The van der Waals surface area contributed by atoms with Crippen LogP contribution in [0, 0.1) is 0 Å². The van der Waals surface area contributed by atoms with Crippen LogP contribution in [0.15, 0.2) is 42.5 Å². The number of rotatable bonds is 7. The van der Waals surface area contributed by atoms with Crippen LogP contribution >= 0.6 is 0 Å². The van der Waals surface area contributed by atoms with Gasteiger partial charge in [0.15, 0.2) is 13.2 Å². The Morgan fingerprint density at radius 3 is 2.32 bits per heavy atom. The molecule has 0 bridgehead atoms. The van der Waals surface area contributed by atoms with Gasteiger partial charge < -0.3 is 24.0 Å². The van der Waals surface area contributed by atoms with Crippen LogP contribution in [0.3, 0.4) is 0 Å². The number of fused-ring (bicyclic) bond motifs is 1. The van der Waals surface area contributed by atoms with Crippen molar-refractivity contribution in [2.24, 2.45) is 0 Å². The highest BCUT2D eigenvalue weighted by Gasteiger charge is 2.22. The van der Waals surface area contributed by atoms with Gasteiger partial charge in [0, 0.05) is 31.9 Å². The minimum Gasteiger partial charge on any atom is -0.497 e. The van der Waals surface area contributed by atoms with Crippen molar-refractivity contribution in [1.82, 2.24) is 4.90 Å². The van der Waals surface area contributed by atoms with Gasteiger partial charge in [0.1, 0.15) is 11.5 Å². The van der Waals surface area contributed by atoms with Crippen molar-refractivity contribution in [2.45, 2.75) is 19.3 Å². The fourth-order valence-corrected chi connectivity index (χ4v) is 4.06. The molecule has 0 spiro atoms. The maximum Gasteiger partial charge on any atom is 0.344 e. The minimum absolute atomic E-state index is 0.180. The second-order valence-electron chi connectivity index (χ2n) is 7.80. The molecule has 1 saturated heterocycles. The maximum absolute atomic E-state index is 12.4. The number of hydrogen-bond acceptors (Lipinski definition) is 6. The zero-order chi connectivity index (χ0) is 21.6. The molecule has 31 heavy (non-hydrogen) atoms. The molecular weight excluding hydrogens is 396 g/mol. The zero-order valence-electron chi connectivity index (χ0n) is 17.8. The molecule has 0 atom stereocenters. The molecule has 7 nitrogen and oxygen atoms in total. The second-order valence-corrected chi connectivity index (χ2v) is 7.80. The second kappa shape index (κ2) is 9.73. The van der Waals surface area contributed by atoms with E-state index >= 15 is 0 Å². The number of amides is 1. The van der Waals surface area contributed by atoms with Crippen molar-refractivity contribution >= 4 is 17.6 Å². The first-order valence-corrected chi connectivity index (χ1v) is 10.7. The molecule has 0 saturated carbocycles. The van der Waals surface area contributed by atoms with E-state index in [0.717, 1.165) is 43.8 Å². The van der Waals surface area contributed by atoms with Crippen molar-refractivity contribution in [3.63, 3.8) is 0 Å². The maximum atomic E-state index is 12.4. The Morgan fingerprint density at radius 2 is 1.58 bits per heavy atom. The van der Waals surface area contributed by atoms with Crippen molar-refractivity contribution in [3.05, 3.63) is 53.6 Å². The lowest BCUT2D eigenvalue weighted by Crippen LogP contribution is -2.50. The summed E-state index contributed by atoms with van der Waals surface area (Å²) < 4.78 is 15.9. The van der Waals surface area contributed by atoms with Gasteiger partial charge in [-0.3, -0.25) is 4.79 Å². The Kier molecular flexibility index (Phi) is 6.60. The molecule has 0 N–H and O–H groups in total. The summed E-state index contributed by atoms with van der Waals surface area (Å²) in [6.45, 7) is 2.19. The first-order chi connectivity index (χ1) is 15.1. The molecule has 1 aliphatic carbocycles. The highest BCUT2D eigenvalue weighted by molar-refractivity contribution is 5.81. The van der Waals surface area contributed by atoms with Crippen LogP contribution in [0.25, 0.3) is 0 Å². The van der Waals surface area contributed by atoms with Gasteiger partial charge in [0.05, 0.1) is 7.11 Å². The van der Waals surface area contributed by atoms with Crippen LogP contribution < -0.4 is 14.4 Å². The van der Waals surface area contributed by atoms with Gasteiger partial charge in [-0.15, -0.1) is 0 Å². The Morgan fingerprint density at radius 1 is 0.871 bits per heavy atom. The molecule has 2 aliphatic rings. The molecule has 2 aromatic rings. The lowest BCUT2D eigenvalue weighted by atomic mass is 10.1. The van der Waals surface area contributed by atoms with Crippen LogP contribution in [0.5, 0.6) is 11.5 Å². The first-order valence-electron chi connectivity index (χ1n) is 10.7. The van der Waals surface area contributed by atoms with E-state index in [4.69, 9.17) is 14.2 Å². The molecule has 0 aromatic heterocycles. The topological polar surface area (TPSA) is 68.3 Å². The van der Waals surface area contributed by atoms with Crippen LogP contribution in [0.1, 0.15) is 17.5 Å². The van der Waals surface area contributed by atoms with Gasteiger partial charge in [-0.1, -0.05) is 6.07 Å². The highest BCUT2D eigenvalue weighted by Crippen LogP contribution is 2.26. The summed E-state index contributed by atoms with van der Waals surface area (Å²) in [7, 11) is 1.64. The Labute approximate surface area is 182 Å². The number of ether oxygens (including phenoxy) is 3. The number of piperazine rings is 1. The zero-order valence-corrected chi connectivity index (χ0v) is 17.8. The molecule has 1 fully saturated rings. The third kappa shape index (κ3) is 5.29. The lowest BCUT2D eigenvalue weighted by molar-refractivity contribution is -0.153. The van der Waals surface area contributed by atoms with Crippen LogP contribution in [-0.2, 0) is 27.2 Å². The summed E-state index contributed by atoms with van der Waals surface area (Å²) in [6.07, 6.45) is 3.32. The quantitative estimate of drug-likeness (QED) is 0.636. The fourth-order valence-electron chi connectivity index (χ4n) is 4.06. The third-order valence-electron chi connectivity index (χ3n) is 5.85. The van der Waals surface area contributed by atoms with Gasteiger partial charge in [-0.05, 0) is 66.8 Å². The van der Waals surface area contributed by atoms with E-state index in [-0.39, 0.29) is 19.1 Å². The summed E-state index contributed by atoms with van der Waals surface area (Å²) in [5.74, 6) is 0.768. The Bertz CT molecular complexity index is 920. The minimum atomic E-state index is -0.536. The third-order valence-corrected chi connectivity index (χ3v) is 5.85. The van der Waals surface area contributed by atoms with E-state index < -0.39 is 5.97 Å². The standard InChI is InChI=1S/C24H28N2O5/c1-29-21-9-6-20(7-10-21)25-11-13-26(14-12-25)23(27)16-31-24(28)17-30-22-8-5-18-3-2-4-19(18)15-22/h5-10,15H,2-4,11-14,16-17H2,1H3. The van der Waals surface area contributed by atoms with E-state index in [0.29, 0.717) is 18.8 Å². The Hall–Kier alpha value is -3.22. The largest absolute Gasteiger partial charge is 0.497 e. The van der Waals surface area contributed by atoms with E-state index in [1.165, 1.54) is 11.1 Å². The first kappa shape index (κ1) is 21.0. The number of benzene rings is 2. The average Bonchev–Trinajstić information content (AvgIpc) is 3.29. The van der Waals surface area contributed by atoms with Crippen LogP contribution in [-0.4, -0.2) is 63.3 Å². The normalized spacial score (nSPS) is 15.4. The van der Waals surface area contributed by atoms with Crippen LogP contribution in [0.4, 0.5) is 5.69 Å². The monoisotopic (exact) mass is 424 g/mol. The lowest BCUT2D eigenvalue weighted by Gasteiger charge is -2.36. The van der Waals surface area contributed by atoms with Gasteiger partial charge in [-0.2, -0.15) is 0 Å². The molecule has 0 unspecified atom stereocenters. The summed E-state index contributed by atoms with van der Waals surface area (Å²) >= 11 is 0. The summed E-state index contributed by atoms with van der Waals surface area (Å²) in [5.41, 5.74) is 3.74. The number of aryl methyl sites for hydroxylation is 2. The predicted molar refractivity (Wildman–Crippen MR) is 117 cm³/mol. The molecule has 1 amide bonds. The van der Waals surface area contributed by atoms with Gasteiger partial charge in [-0.25, -0.2) is 4.79 Å². The average molecular weight is 424 g/mol. The molecular formula is C24H28N2O5. The number of carbonyl (C=O) groups excluding carboxylic acids is 2. The van der Waals surface area contributed by atoms with Crippen molar-refractivity contribution in [2.75, 3.05) is 51.4 Å². The summed E-state index contributed by atoms with van der Waals surface area (Å²) in [6, 6.07) is 13.8. The predicted octanol–water partition coefficient (Wildman–Crippen LogP) is 2.45. The number of esters is 1. The molecule has 4 rings (SSSR count). The highest BCUT2D eigenvalue weighted by atomic mass is 16.6. The smallest absolute Gasteiger partial charge is 0.344 e. The van der Waals surface area contributed by atoms with E-state index in [1.807, 2.05) is 36.4 Å². The molecule has 1 aliphatic heterocycles. The van der Waals surface area contributed by atoms with E-state index in [1.54, 1.807) is 12.0 Å². The molecule has 0 radical (unpaired) electrons. The summed E-state index contributed by atoms with van der Waals surface area (Å²) in [5, 5.41) is 0. The number of carbonyl (C=O) groups is 2. The molecule has 7 heteroatoms. The van der Waals surface area contributed by atoms with E-state index in [9.17, 15) is 9.59 Å².